The molecule has 2 saturated heterocycles. The molecule has 0 saturated carbocycles. The number of rotatable bonds is 7. The van der Waals surface area contributed by atoms with E-state index in [0.29, 0.717) is 19.0 Å². The Kier molecular flexibility index (Phi) is 7.45. The number of carboxylic acid groups (broad SMARTS) is 1. The number of carboxylic acids is 1. The molecule has 9 heteroatoms. The van der Waals surface area contributed by atoms with Crippen molar-refractivity contribution in [1.29, 1.82) is 0 Å². The van der Waals surface area contributed by atoms with Crippen LogP contribution in [0.3, 0.4) is 0 Å². The maximum absolute atomic E-state index is 12.7. The smallest absolute Gasteiger partial charge is 0.356 e. The minimum absolute atomic E-state index is 0.128. The van der Waals surface area contributed by atoms with Crippen molar-refractivity contribution in [3.8, 4) is 5.88 Å². The average molecular weight is 478 g/mol. The van der Waals surface area contributed by atoms with Gasteiger partial charge in [0.1, 0.15) is 5.76 Å². The summed E-state index contributed by atoms with van der Waals surface area (Å²) in [5.74, 6) is 0.190. The third-order valence-corrected chi connectivity index (χ3v) is 6.65. The minimum atomic E-state index is -1.14. The van der Waals surface area contributed by atoms with E-state index < -0.39 is 5.97 Å². The molecule has 1 spiro atoms. The number of carbonyl (C=O) groups is 2. The number of pyridine rings is 1. The number of nitrogens with zero attached hydrogens (tertiary/aromatic N) is 5. The molecule has 0 unspecified atom stereocenters. The van der Waals surface area contributed by atoms with Crippen molar-refractivity contribution >= 4 is 12.0 Å². The zero-order valence-electron chi connectivity index (χ0n) is 20.0. The molecule has 4 heterocycles. The van der Waals surface area contributed by atoms with Crippen LogP contribution in [0.5, 0.6) is 5.88 Å². The number of ether oxygens (including phenoxy) is 1. The van der Waals surface area contributed by atoms with E-state index in [2.05, 4.69) is 21.6 Å². The second-order valence-electron chi connectivity index (χ2n) is 9.18. The van der Waals surface area contributed by atoms with E-state index >= 15 is 0 Å². The van der Waals surface area contributed by atoms with Crippen LogP contribution in [0.4, 0.5) is 4.79 Å². The molecule has 2 aromatic rings. The van der Waals surface area contributed by atoms with Gasteiger partial charge in [0, 0.05) is 44.6 Å². The SMILES string of the molecule is C=C/C=C(\C=C(/C)Oc1ccccn1)CN1CCC2(CCN(C(=O)n3ccc(C(=O)O)n3)CC2)C1. The normalized spacial score (nSPS) is 18.6. The monoisotopic (exact) mass is 477 g/mol. The number of allylic oxidation sites excluding steroid dienone is 3. The first-order valence-electron chi connectivity index (χ1n) is 11.8. The minimum Gasteiger partial charge on any atom is -0.476 e. The van der Waals surface area contributed by atoms with Crippen LogP contribution in [-0.2, 0) is 0 Å². The van der Waals surface area contributed by atoms with Crippen molar-refractivity contribution in [3.05, 3.63) is 78.5 Å². The van der Waals surface area contributed by atoms with Gasteiger partial charge in [-0.1, -0.05) is 24.8 Å². The van der Waals surface area contributed by atoms with E-state index in [9.17, 15) is 9.59 Å². The molecule has 2 aliphatic rings. The van der Waals surface area contributed by atoms with E-state index in [0.717, 1.165) is 54.9 Å². The van der Waals surface area contributed by atoms with Gasteiger partial charge >= 0.3 is 12.0 Å². The molecule has 2 fully saturated rings. The molecule has 0 atom stereocenters. The van der Waals surface area contributed by atoms with Gasteiger partial charge in [0.25, 0.3) is 0 Å². The zero-order valence-corrected chi connectivity index (χ0v) is 20.0. The van der Waals surface area contributed by atoms with Crippen LogP contribution in [0.2, 0.25) is 0 Å². The van der Waals surface area contributed by atoms with Gasteiger partial charge in [0.05, 0.1) is 0 Å². The molecule has 184 valence electrons. The van der Waals surface area contributed by atoms with Crippen LogP contribution in [0.15, 0.2) is 72.8 Å². The van der Waals surface area contributed by atoms with Crippen LogP contribution >= 0.6 is 0 Å². The lowest BCUT2D eigenvalue weighted by molar-refractivity contribution is 0.0689. The van der Waals surface area contributed by atoms with Crippen LogP contribution in [0.1, 0.15) is 36.7 Å². The maximum Gasteiger partial charge on any atom is 0.356 e. The van der Waals surface area contributed by atoms with Crippen molar-refractivity contribution in [2.75, 3.05) is 32.7 Å². The highest BCUT2D eigenvalue weighted by molar-refractivity contribution is 5.86. The lowest BCUT2D eigenvalue weighted by Crippen LogP contribution is -2.46. The molecule has 2 aromatic heterocycles. The Balaban J connectivity index is 1.32. The van der Waals surface area contributed by atoms with Gasteiger partial charge in [-0.05, 0) is 61.9 Å². The van der Waals surface area contributed by atoms with Crippen LogP contribution in [0.25, 0.3) is 0 Å². The molecule has 35 heavy (non-hydrogen) atoms. The lowest BCUT2D eigenvalue weighted by atomic mass is 9.78. The molecule has 1 amide bonds. The van der Waals surface area contributed by atoms with Crippen molar-refractivity contribution in [1.82, 2.24) is 24.6 Å². The predicted octanol–water partition coefficient (Wildman–Crippen LogP) is 3.83. The number of piperidine rings is 1. The van der Waals surface area contributed by atoms with Crippen LogP contribution in [0, 0.1) is 5.41 Å². The highest BCUT2D eigenvalue weighted by Gasteiger charge is 2.41. The van der Waals surface area contributed by atoms with E-state index in [1.807, 2.05) is 37.3 Å². The Bertz CT molecular complexity index is 1130. The fourth-order valence-corrected chi connectivity index (χ4v) is 4.85. The molecule has 0 aromatic carbocycles. The summed E-state index contributed by atoms with van der Waals surface area (Å²) in [6.07, 6.45) is 11.9. The topological polar surface area (TPSA) is 101 Å². The summed E-state index contributed by atoms with van der Waals surface area (Å²) in [5.41, 5.74) is 1.18. The summed E-state index contributed by atoms with van der Waals surface area (Å²) in [5, 5.41) is 12.9. The number of hydrogen-bond acceptors (Lipinski definition) is 6. The second-order valence-corrected chi connectivity index (χ2v) is 9.18. The highest BCUT2D eigenvalue weighted by atomic mass is 16.5. The average Bonchev–Trinajstić information content (AvgIpc) is 3.48. The first kappa shape index (κ1) is 24.4. The summed E-state index contributed by atoms with van der Waals surface area (Å²) < 4.78 is 6.95. The largest absolute Gasteiger partial charge is 0.476 e. The summed E-state index contributed by atoms with van der Waals surface area (Å²) in [4.78, 5) is 32.2. The first-order valence-corrected chi connectivity index (χ1v) is 11.8. The van der Waals surface area contributed by atoms with Crippen LogP contribution < -0.4 is 4.74 Å². The van der Waals surface area contributed by atoms with Crippen molar-refractivity contribution in [2.45, 2.75) is 26.2 Å². The number of aromatic nitrogens is 3. The number of carbonyl (C=O) groups excluding carboxylic acids is 1. The maximum atomic E-state index is 12.7. The van der Waals surface area contributed by atoms with Gasteiger partial charge in [0.2, 0.25) is 5.88 Å². The molecule has 0 aliphatic carbocycles. The number of likely N-dealkylation sites (tertiary alicyclic amines) is 2. The molecule has 9 nitrogen and oxygen atoms in total. The quantitative estimate of drug-likeness (QED) is 0.478. The zero-order chi connectivity index (χ0) is 24.8. The fourth-order valence-electron chi connectivity index (χ4n) is 4.85. The molecule has 4 rings (SSSR count). The molecule has 2 aliphatic heterocycles. The third kappa shape index (κ3) is 6.05. The Labute approximate surface area is 205 Å². The van der Waals surface area contributed by atoms with E-state index in [-0.39, 0.29) is 17.1 Å². The summed E-state index contributed by atoms with van der Waals surface area (Å²) in [6, 6.07) is 6.64. The first-order chi connectivity index (χ1) is 16.9. The third-order valence-electron chi connectivity index (χ3n) is 6.65. The Hall–Kier alpha value is -3.72. The lowest BCUT2D eigenvalue weighted by Gasteiger charge is -2.39. The van der Waals surface area contributed by atoms with E-state index in [4.69, 9.17) is 9.84 Å². The van der Waals surface area contributed by atoms with Gasteiger partial charge in [-0.2, -0.15) is 9.78 Å². The molecule has 0 bridgehead atoms. The van der Waals surface area contributed by atoms with E-state index in [1.165, 1.54) is 12.3 Å². The van der Waals surface area contributed by atoms with Crippen molar-refractivity contribution < 1.29 is 19.4 Å². The number of amides is 1. The predicted molar refractivity (Wildman–Crippen MR) is 131 cm³/mol. The van der Waals surface area contributed by atoms with Crippen molar-refractivity contribution in [2.24, 2.45) is 5.41 Å². The standard InChI is InChI=1S/C26H31N5O4/c1-3-6-21(17-20(2)35-23-7-4-5-12-27-23)18-29-14-9-26(19-29)10-15-30(16-11-26)25(34)31-13-8-22(28-31)24(32)33/h3-8,12-13,17H,1,9-11,14-16,18-19H2,2H3,(H,32,33)/b20-17+,21-6+. The van der Waals surface area contributed by atoms with Gasteiger partial charge in [0.15, 0.2) is 5.69 Å². The van der Waals surface area contributed by atoms with E-state index in [1.54, 1.807) is 17.2 Å². The van der Waals surface area contributed by atoms with Crippen LogP contribution in [-0.4, -0.2) is 74.4 Å². The number of hydrogen-bond donors (Lipinski definition) is 1. The second kappa shape index (κ2) is 10.7. The molecule has 1 N–H and O–H groups in total. The summed E-state index contributed by atoms with van der Waals surface area (Å²) in [6.45, 7) is 9.82. The van der Waals surface area contributed by atoms with Gasteiger partial charge in [-0.15, -0.1) is 0 Å². The highest BCUT2D eigenvalue weighted by Crippen LogP contribution is 2.40. The Morgan fingerprint density at radius 1 is 1.20 bits per heavy atom. The Morgan fingerprint density at radius 3 is 2.63 bits per heavy atom. The summed E-state index contributed by atoms with van der Waals surface area (Å²) in [7, 11) is 0. The Morgan fingerprint density at radius 2 is 1.97 bits per heavy atom. The fraction of sp³-hybridized carbons (Fsp3) is 0.385. The number of aromatic carboxylic acids is 1. The summed E-state index contributed by atoms with van der Waals surface area (Å²) >= 11 is 0. The van der Waals surface area contributed by atoms with Gasteiger partial charge in [-0.3, -0.25) is 4.90 Å². The van der Waals surface area contributed by atoms with Gasteiger partial charge in [-0.25, -0.2) is 14.6 Å². The molecular formula is C26H31N5O4. The van der Waals surface area contributed by atoms with Gasteiger partial charge < -0.3 is 14.7 Å². The van der Waals surface area contributed by atoms with Crippen molar-refractivity contribution in [3.63, 3.8) is 0 Å². The molecular weight excluding hydrogens is 446 g/mol. The molecule has 0 radical (unpaired) electrons.